The van der Waals surface area contributed by atoms with Crippen molar-refractivity contribution in [2.24, 2.45) is 20.0 Å². The van der Waals surface area contributed by atoms with Crippen molar-refractivity contribution in [3.05, 3.63) is 72.4 Å². The number of anilines is 1. The zero-order valence-electron chi connectivity index (χ0n) is 23.0. The number of thioether (sulfide) groups is 1. The summed E-state index contributed by atoms with van der Waals surface area (Å²) in [6.07, 6.45) is 11.6. The minimum Gasteiger partial charge on any atom is -0.381 e. The van der Waals surface area contributed by atoms with E-state index in [0.29, 0.717) is 5.92 Å². The summed E-state index contributed by atoms with van der Waals surface area (Å²) in [4.78, 5) is 4.85. The normalized spacial score (nSPS) is 22.8. The molecular weight excluding hydrogens is 474 g/mol. The molecule has 0 radical (unpaired) electrons. The molecule has 1 fully saturated rings. The highest BCUT2D eigenvalue weighted by Gasteiger charge is 2.28. The standard InChI is InChI=1S/C31H43N5S/c1-32-19-16-27(17-20-32)11-10-26-12-14-28(15-13-26)35-18-7-22-36(4,23-21-35)24-25-37-31-33(2)29-8-5-6-9-30(29)34(31)3/h5-6,8-16,19,27H,7,17-18,20-25H2,1-4H3/q+2/b11-10+. The van der Waals surface area contributed by atoms with E-state index in [4.69, 9.17) is 0 Å². The van der Waals surface area contributed by atoms with Gasteiger partial charge < -0.3 is 14.3 Å². The van der Waals surface area contributed by atoms with Gasteiger partial charge in [-0.25, -0.2) is 9.13 Å². The number of aryl methyl sites for hydroxylation is 2. The molecule has 3 heterocycles. The van der Waals surface area contributed by atoms with Gasteiger partial charge in [-0.2, -0.15) is 0 Å². The number of imidazole rings is 1. The first-order valence-corrected chi connectivity index (χ1v) is 14.7. The molecule has 0 amide bonds. The van der Waals surface area contributed by atoms with Crippen LogP contribution >= 0.6 is 11.8 Å². The molecule has 196 valence electrons. The van der Waals surface area contributed by atoms with E-state index in [1.807, 2.05) is 11.8 Å². The molecule has 1 aromatic heterocycles. The van der Waals surface area contributed by atoms with E-state index in [2.05, 4.69) is 120 Å². The Morgan fingerprint density at radius 2 is 1.84 bits per heavy atom. The van der Waals surface area contributed by atoms with Gasteiger partial charge in [0, 0.05) is 32.2 Å². The van der Waals surface area contributed by atoms with Gasteiger partial charge in [-0.1, -0.05) is 42.5 Å². The average molecular weight is 518 g/mol. The van der Waals surface area contributed by atoms with E-state index < -0.39 is 0 Å². The monoisotopic (exact) mass is 517 g/mol. The highest BCUT2D eigenvalue weighted by Crippen LogP contribution is 2.24. The van der Waals surface area contributed by atoms with Crippen molar-refractivity contribution >= 4 is 34.6 Å². The number of para-hydroxylation sites is 2. The SMILES string of the molecule is CN1C=CC(/C=C/c2ccc(N3CCC[N+](C)(CCSc4n(C)c5ccccc5[n+]4C)CC3)cc2)CC1. The lowest BCUT2D eigenvalue weighted by atomic mass is 10.0. The molecule has 5 nitrogen and oxygen atoms in total. The number of hydrogen-bond donors (Lipinski definition) is 0. The Bertz CT molecular complexity index is 1220. The number of allylic oxidation sites excluding steroid dienone is 2. The number of fused-ring (bicyclic) bond motifs is 1. The molecule has 2 aliphatic heterocycles. The third kappa shape index (κ3) is 6.07. The molecule has 6 heteroatoms. The minimum absolute atomic E-state index is 0.554. The van der Waals surface area contributed by atoms with Gasteiger partial charge in [0.25, 0.3) is 0 Å². The highest BCUT2D eigenvalue weighted by atomic mass is 32.2. The number of nitrogens with zero attached hydrogens (tertiary/aromatic N) is 5. The Morgan fingerprint density at radius 1 is 1.03 bits per heavy atom. The summed E-state index contributed by atoms with van der Waals surface area (Å²) in [7, 11) is 8.98. The van der Waals surface area contributed by atoms with Crippen LogP contribution in [0.4, 0.5) is 5.69 Å². The predicted octanol–water partition coefficient (Wildman–Crippen LogP) is 4.93. The number of likely N-dealkylation sites (N-methyl/N-ethyl adjacent to an activating group) is 1. The van der Waals surface area contributed by atoms with Crippen molar-refractivity contribution in [2.75, 3.05) is 64.0 Å². The van der Waals surface area contributed by atoms with Gasteiger partial charge in [0.1, 0.15) is 0 Å². The molecule has 0 spiro atoms. The van der Waals surface area contributed by atoms with Crippen molar-refractivity contribution in [3.8, 4) is 0 Å². The lowest BCUT2D eigenvalue weighted by molar-refractivity contribution is -0.904. The van der Waals surface area contributed by atoms with Crippen LogP contribution in [0.1, 0.15) is 18.4 Å². The molecule has 0 saturated carbocycles. The Kier molecular flexibility index (Phi) is 7.96. The second kappa shape index (κ2) is 11.4. The molecule has 37 heavy (non-hydrogen) atoms. The van der Waals surface area contributed by atoms with Crippen LogP contribution in [0.15, 0.2) is 72.0 Å². The first-order valence-electron chi connectivity index (χ1n) is 13.7. The summed E-state index contributed by atoms with van der Waals surface area (Å²) < 4.78 is 5.84. The molecule has 2 aromatic carbocycles. The lowest BCUT2D eigenvalue weighted by Crippen LogP contribution is -2.48. The van der Waals surface area contributed by atoms with Crippen LogP contribution in [0.25, 0.3) is 17.1 Å². The van der Waals surface area contributed by atoms with E-state index in [1.54, 1.807) is 0 Å². The number of aromatic nitrogens is 2. The van der Waals surface area contributed by atoms with Gasteiger partial charge in [0.2, 0.25) is 0 Å². The van der Waals surface area contributed by atoms with Gasteiger partial charge in [0.15, 0.2) is 11.0 Å². The summed E-state index contributed by atoms with van der Waals surface area (Å²) in [5, 5.41) is 1.34. The molecule has 2 unspecified atom stereocenters. The Hall–Kier alpha value is -2.70. The number of rotatable bonds is 7. The molecule has 0 N–H and O–H groups in total. The number of benzene rings is 2. The molecule has 2 atom stereocenters. The van der Waals surface area contributed by atoms with Gasteiger partial charge in [-0.05, 0) is 60.1 Å². The number of hydrogen-bond acceptors (Lipinski definition) is 3. The second-order valence-electron chi connectivity index (χ2n) is 11.1. The van der Waals surface area contributed by atoms with E-state index in [0.717, 1.165) is 29.9 Å². The highest BCUT2D eigenvalue weighted by molar-refractivity contribution is 7.99. The largest absolute Gasteiger partial charge is 0.381 e. The first-order chi connectivity index (χ1) is 17.9. The topological polar surface area (TPSA) is 15.3 Å². The third-order valence-electron chi connectivity index (χ3n) is 8.27. The van der Waals surface area contributed by atoms with Crippen LogP contribution in [0.5, 0.6) is 0 Å². The fourth-order valence-electron chi connectivity index (χ4n) is 5.70. The maximum absolute atomic E-state index is 2.59. The van der Waals surface area contributed by atoms with E-state index in [-0.39, 0.29) is 0 Å². The van der Waals surface area contributed by atoms with Gasteiger partial charge >= 0.3 is 5.16 Å². The minimum atomic E-state index is 0.554. The predicted molar refractivity (Wildman–Crippen MR) is 158 cm³/mol. The quantitative estimate of drug-likeness (QED) is 0.251. The van der Waals surface area contributed by atoms with Crippen molar-refractivity contribution in [1.29, 1.82) is 0 Å². The summed E-state index contributed by atoms with van der Waals surface area (Å²) in [5.41, 5.74) is 5.27. The lowest BCUT2D eigenvalue weighted by Gasteiger charge is -2.33. The second-order valence-corrected chi connectivity index (χ2v) is 12.2. The van der Waals surface area contributed by atoms with Crippen molar-refractivity contribution < 1.29 is 9.05 Å². The van der Waals surface area contributed by atoms with Crippen LogP contribution < -0.4 is 9.47 Å². The summed E-state index contributed by atoms with van der Waals surface area (Å²) >= 11 is 2.00. The molecule has 1 saturated heterocycles. The van der Waals surface area contributed by atoms with Crippen LogP contribution in [0, 0.1) is 5.92 Å². The molecule has 5 rings (SSSR count). The summed E-state index contributed by atoms with van der Waals surface area (Å²) in [6.45, 7) is 7.06. The van der Waals surface area contributed by atoms with Crippen LogP contribution in [-0.4, -0.2) is 73.1 Å². The Balaban J connectivity index is 1.14. The fourth-order valence-corrected chi connectivity index (χ4v) is 7.00. The van der Waals surface area contributed by atoms with Crippen molar-refractivity contribution in [2.45, 2.75) is 18.0 Å². The van der Waals surface area contributed by atoms with Crippen molar-refractivity contribution in [3.63, 3.8) is 0 Å². The van der Waals surface area contributed by atoms with E-state index in [1.165, 1.54) is 59.9 Å². The van der Waals surface area contributed by atoms with E-state index >= 15 is 0 Å². The Morgan fingerprint density at radius 3 is 2.59 bits per heavy atom. The molecule has 2 aliphatic rings. The van der Waals surface area contributed by atoms with Gasteiger partial charge in [-0.3, -0.25) is 0 Å². The zero-order chi connectivity index (χ0) is 25.8. The van der Waals surface area contributed by atoms with E-state index in [9.17, 15) is 0 Å². The summed E-state index contributed by atoms with van der Waals surface area (Å²) in [6, 6.07) is 17.9. The zero-order valence-corrected chi connectivity index (χ0v) is 23.8. The molecule has 0 aliphatic carbocycles. The molecule has 0 bridgehead atoms. The van der Waals surface area contributed by atoms with Gasteiger partial charge in [-0.15, -0.1) is 0 Å². The first kappa shape index (κ1) is 25.9. The fraction of sp³-hybridized carbons (Fsp3) is 0.452. The Labute approximate surface area is 227 Å². The van der Waals surface area contributed by atoms with Crippen LogP contribution in [0.2, 0.25) is 0 Å². The maximum Gasteiger partial charge on any atom is 0.318 e. The number of quaternary nitrogens is 1. The van der Waals surface area contributed by atoms with Crippen molar-refractivity contribution in [1.82, 2.24) is 9.47 Å². The summed E-state index contributed by atoms with van der Waals surface area (Å²) in [5.74, 6) is 1.69. The molecule has 3 aromatic rings. The smallest absolute Gasteiger partial charge is 0.318 e. The molecular formula is C31H43N5S+2. The van der Waals surface area contributed by atoms with Gasteiger partial charge in [0.05, 0.1) is 53.1 Å². The van der Waals surface area contributed by atoms with Crippen LogP contribution in [-0.2, 0) is 14.1 Å². The average Bonchev–Trinajstić information content (AvgIpc) is 3.04. The maximum atomic E-state index is 2.59. The van der Waals surface area contributed by atoms with Crippen LogP contribution in [0.3, 0.4) is 0 Å². The third-order valence-corrected chi connectivity index (χ3v) is 9.47.